The lowest BCUT2D eigenvalue weighted by atomic mass is 9.84. The predicted octanol–water partition coefficient (Wildman–Crippen LogP) is 3.68. The summed E-state index contributed by atoms with van der Waals surface area (Å²) in [6.07, 6.45) is 0. The number of aliphatic hydroxyl groups is 1. The van der Waals surface area contributed by atoms with Crippen LogP contribution in [0, 0.1) is 0 Å². The third kappa shape index (κ3) is 1.70. The van der Waals surface area contributed by atoms with Crippen molar-refractivity contribution in [3.8, 4) is 0 Å². The van der Waals surface area contributed by atoms with Gasteiger partial charge >= 0.3 is 0 Å². The lowest BCUT2D eigenvalue weighted by Gasteiger charge is -2.23. The lowest BCUT2D eigenvalue weighted by Crippen LogP contribution is -2.35. The van der Waals surface area contributed by atoms with Crippen LogP contribution in [-0.2, 0) is 10.4 Å². The molecule has 108 valence electrons. The van der Waals surface area contributed by atoms with Crippen molar-refractivity contribution in [3.63, 3.8) is 0 Å². The van der Waals surface area contributed by atoms with Crippen LogP contribution in [0.2, 0.25) is 5.02 Å². The molecule has 2 N–H and O–H groups in total. The normalized spacial score (nSPS) is 20.0. The Morgan fingerprint density at radius 2 is 1.73 bits per heavy atom. The first-order valence-corrected chi connectivity index (χ1v) is 7.30. The zero-order valence-electron chi connectivity index (χ0n) is 11.5. The Morgan fingerprint density at radius 1 is 0.955 bits per heavy atom. The van der Waals surface area contributed by atoms with Gasteiger partial charge in [-0.3, -0.25) is 4.79 Å². The molecule has 0 bridgehead atoms. The number of halogens is 1. The second-order valence-corrected chi connectivity index (χ2v) is 5.82. The fraction of sp³-hybridized carbons (Fsp3) is 0.0556. The monoisotopic (exact) mass is 309 g/mol. The molecule has 1 heterocycles. The van der Waals surface area contributed by atoms with Gasteiger partial charge in [-0.15, -0.1) is 0 Å². The predicted molar refractivity (Wildman–Crippen MR) is 87.0 cm³/mol. The van der Waals surface area contributed by atoms with Crippen molar-refractivity contribution in [1.82, 2.24) is 0 Å². The van der Waals surface area contributed by atoms with Crippen molar-refractivity contribution in [3.05, 3.63) is 76.8 Å². The third-order valence-corrected chi connectivity index (χ3v) is 4.36. The van der Waals surface area contributed by atoms with Crippen LogP contribution >= 0.6 is 11.6 Å². The van der Waals surface area contributed by atoms with Gasteiger partial charge in [0.2, 0.25) is 0 Å². The molecule has 0 radical (unpaired) electrons. The summed E-state index contributed by atoms with van der Waals surface area (Å²) in [4.78, 5) is 12.5. The van der Waals surface area contributed by atoms with E-state index in [0.29, 0.717) is 21.8 Å². The summed E-state index contributed by atoms with van der Waals surface area (Å²) in [5.74, 6) is -0.457. The molecule has 1 unspecified atom stereocenters. The Labute approximate surface area is 132 Å². The van der Waals surface area contributed by atoms with Gasteiger partial charge in [-0.25, -0.2) is 0 Å². The van der Waals surface area contributed by atoms with E-state index in [1.165, 1.54) is 0 Å². The number of carbonyl (C=O) groups excluding carboxylic acids is 1. The first-order valence-electron chi connectivity index (χ1n) is 6.93. The van der Waals surface area contributed by atoms with Crippen LogP contribution < -0.4 is 5.32 Å². The minimum absolute atomic E-state index is 0.457. The van der Waals surface area contributed by atoms with Crippen LogP contribution in [0.15, 0.2) is 60.7 Å². The van der Waals surface area contributed by atoms with E-state index < -0.39 is 11.5 Å². The van der Waals surface area contributed by atoms with Gasteiger partial charge in [0.1, 0.15) is 0 Å². The van der Waals surface area contributed by atoms with Crippen LogP contribution in [0.25, 0.3) is 10.8 Å². The van der Waals surface area contributed by atoms with Gasteiger partial charge in [-0.05, 0) is 29.0 Å². The van der Waals surface area contributed by atoms with Crippen LogP contribution in [0.5, 0.6) is 0 Å². The molecule has 3 nitrogen and oxygen atoms in total. The minimum Gasteiger partial charge on any atom is -0.372 e. The number of carbonyl (C=O) groups is 1. The fourth-order valence-electron chi connectivity index (χ4n) is 3.07. The smallest absolute Gasteiger partial charge is 0.265 e. The van der Waals surface area contributed by atoms with E-state index in [2.05, 4.69) is 5.32 Å². The van der Waals surface area contributed by atoms with Crippen LogP contribution in [0.1, 0.15) is 11.1 Å². The van der Waals surface area contributed by atoms with E-state index in [-0.39, 0.29) is 0 Å². The van der Waals surface area contributed by atoms with E-state index in [4.69, 9.17) is 11.6 Å². The Balaban J connectivity index is 2.06. The molecule has 0 aliphatic carbocycles. The van der Waals surface area contributed by atoms with E-state index in [1.54, 1.807) is 24.3 Å². The molecule has 0 fully saturated rings. The number of hydrogen-bond donors (Lipinski definition) is 2. The number of nitrogens with one attached hydrogen (secondary N) is 1. The van der Waals surface area contributed by atoms with Crippen molar-refractivity contribution in [2.45, 2.75) is 5.60 Å². The summed E-state index contributed by atoms with van der Waals surface area (Å²) < 4.78 is 0. The van der Waals surface area contributed by atoms with Crippen molar-refractivity contribution < 1.29 is 9.90 Å². The lowest BCUT2D eigenvalue weighted by molar-refractivity contribution is -0.129. The summed E-state index contributed by atoms with van der Waals surface area (Å²) in [5, 5.41) is 16.3. The first kappa shape index (κ1) is 13.3. The van der Waals surface area contributed by atoms with Crippen LogP contribution in [0.3, 0.4) is 0 Å². The van der Waals surface area contributed by atoms with E-state index >= 15 is 0 Å². The second kappa shape index (κ2) is 4.57. The van der Waals surface area contributed by atoms with Gasteiger partial charge in [0.05, 0.1) is 0 Å². The number of rotatable bonds is 1. The summed E-state index contributed by atoms with van der Waals surface area (Å²) in [7, 11) is 0. The SMILES string of the molecule is O=C1Nc2ccc(Cl)cc2C1(O)c1cccc2ccccc12. The highest BCUT2D eigenvalue weighted by Crippen LogP contribution is 2.44. The molecule has 22 heavy (non-hydrogen) atoms. The van der Waals surface area contributed by atoms with E-state index in [1.807, 2.05) is 36.4 Å². The van der Waals surface area contributed by atoms with E-state index in [9.17, 15) is 9.90 Å². The number of benzene rings is 3. The molecule has 4 heteroatoms. The van der Waals surface area contributed by atoms with Crippen LogP contribution in [0.4, 0.5) is 5.69 Å². The highest BCUT2D eigenvalue weighted by molar-refractivity contribution is 6.31. The molecule has 1 atom stereocenters. The van der Waals surface area contributed by atoms with Crippen molar-refractivity contribution in [2.24, 2.45) is 0 Å². The van der Waals surface area contributed by atoms with Gasteiger partial charge in [0.15, 0.2) is 5.60 Å². The molecule has 0 saturated carbocycles. The van der Waals surface area contributed by atoms with Gasteiger partial charge in [0, 0.05) is 21.8 Å². The third-order valence-electron chi connectivity index (χ3n) is 4.13. The molecule has 1 amide bonds. The average Bonchev–Trinajstić information content (AvgIpc) is 2.79. The molecule has 3 aromatic carbocycles. The fourth-order valence-corrected chi connectivity index (χ4v) is 3.24. The van der Waals surface area contributed by atoms with Gasteiger partial charge < -0.3 is 10.4 Å². The maximum absolute atomic E-state index is 12.5. The molecular weight excluding hydrogens is 298 g/mol. The Morgan fingerprint density at radius 3 is 2.59 bits per heavy atom. The number of hydrogen-bond acceptors (Lipinski definition) is 2. The van der Waals surface area contributed by atoms with Gasteiger partial charge in [-0.1, -0.05) is 54.1 Å². The van der Waals surface area contributed by atoms with Crippen molar-refractivity contribution >= 4 is 34.0 Å². The standard InChI is InChI=1S/C18H12ClNO2/c19-12-8-9-16-15(10-12)18(22,17(21)20-16)14-7-3-5-11-4-1-2-6-13(11)14/h1-10,22H,(H,20,21). The summed E-state index contributed by atoms with van der Waals surface area (Å²) >= 11 is 6.05. The van der Waals surface area contributed by atoms with Gasteiger partial charge in [-0.2, -0.15) is 0 Å². The number of amides is 1. The van der Waals surface area contributed by atoms with Crippen molar-refractivity contribution in [2.75, 3.05) is 5.32 Å². The first-order chi connectivity index (χ1) is 10.6. The Kier molecular flexibility index (Phi) is 2.76. The highest BCUT2D eigenvalue weighted by Gasteiger charge is 2.47. The zero-order chi connectivity index (χ0) is 15.3. The Hall–Kier alpha value is -2.36. The topological polar surface area (TPSA) is 49.3 Å². The van der Waals surface area contributed by atoms with E-state index in [0.717, 1.165) is 10.8 Å². The highest BCUT2D eigenvalue weighted by atomic mass is 35.5. The molecule has 0 spiro atoms. The Bertz CT molecular complexity index is 917. The van der Waals surface area contributed by atoms with Gasteiger partial charge in [0.25, 0.3) is 5.91 Å². The minimum atomic E-state index is -1.74. The largest absolute Gasteiger partial charge is 0.372 e. The summed E-state index contributed by atoms with van der Waals surface area (Å²) in [6.45, 7) is 0. The number of anilines is 1. The van der Waals surface area contributed by atoms with Crippen LogP contribution in [-0.4, -0.2) is 11.0 Å². The molecule has 0 aromatic heterocycles. The molecule has 1 aliphatic rings. The maximum atomic E-state index is 12.5. The maximum Gasteiger partial charge on any atom is 0.265 e. The molecular formula is C18H12ClNO2. The average molecular weight is 310 g/mol. The molecule has 1 aliphatic heterocycles. The molecule has 4 rings (SSSR count). The zero-order valence-corrected chi connectivity index (χ0v) is 12.3. The number of fused-ring (bicyclic) bond motifs is 2. The summed E-state index contributed by atoms with van der Waals surface area (Å²) in [6, 6.07) is 18.3. The molecule has 3 aromatic rings. The molecule has 0 saturated heterocycles. The summed E-state index contributed by atoms with van der Waals surface area (Å²) in [5.41, 5.74) is -0.100. The second-order valence-electron chi connectivity index (χ2n) is 5.38. The quantitative estimate of drug-likeness (QED) is 0.720. The van der Waals surface area contributed by atoms with Crippen molar-refractivity contribution in [1.29, 1.82) is 0 Å².